The highest BCUT2D eigenvalue weighted by Crippen LogP contribution is 2.34. The summed E-state index contributed by atoms with van der Waals surface area (Å²) < 4.78 is 0. The highest BCUT2D eigenvalue weighted by molar-refractivity contribution is 6.20. The summed E-state index contributed by atoms with van der Waals surface area (Å²) in [5, 5.41) is 3.97. The second kappa shape index (κ2) is 10.6. The summed E-state index contributed by atoms with van der Waals surface area (Å²) >= 11 is 6.65. The Morgan fingerprint density at radius 2 is 2.00 bits per heavy atom. The van der Waals surface area contributed by atoms with Crippen molar-refractivity contribution in [1.82, 2.24) is 0 Å². The van der Waals surface area contributed by atoms with Crippen LogP contribution < -0.4 is 5.32 Å². The average Bonchev–Trinajstić information content (AvgIpc) is 2.64. The molecule has 146 valence electrons. The molecule has 0 saturated heterocycles. The summed E-state index contributed by atoms with van der Waals surface area (Å²) in [6.45, 7) is 12.4. The Bertz CT molecular complexity index is 739. The van der Waals surface area contributed by atoms with Crippen molar-refractivity contribution < 1.29 is 0 Å². The molecule has 0 aromatic heterocycles. The number of nitrogens with one attached hydrogen (secondary N) is 1. The number of rotatable bonds is 7. The highest BCUT2D eigenvalue weighted by atomic mass is 35.5. The third kappa shape index (κ3) is 6.14. The van der Waals surface area contributed by atoms with Crippen molar-refractivity contribution in [3.05, 3.63) is 77.1 Å². The monoisotopic (exact) mass is 383 g/mol. The Balaban J connectivity index is 2.32. The second-order valence-corrected chi connectivity index (χ2v) is 8.23. The van der Waals surface area contributed by atoms with Crippen molar-refractivity contribution in [3.63, 3.8) is 0 Å². The van der Waals surface area contributed by atoms with Crippen LogP contribution in [0, 0.1) is 12.8 Å². The number of halogens is 1. The Morgan fingerprint density at radius 1 is 1.26 bits per heavy atom. The van der Waals surface area contributed by atoms with Crippen molar-refractivity contribution in [2.45, 2.75) is 65.2 Å². The minimum Gasteiger partial charge on any atom is -0.355 e. The molecule has 27 heavy (non-hydrogen) atoms. The van der Waals surface area contributed by atoms with Crippen molar-refractivity contribution in [2.75, 3.05) is 5.32 Å². The number of anilines is 1. The van der Waals surface area contributed by atoms with Crippen LogP contribution in [0.25, 0.3) is 0 Å². The fourth-order valence-electron chi connectivity index (χ4n) is 3.80. The van der Waals surface area contributed by atoms with E-state index < -0.39 is 0 Å². The van der Waals surface area contributed by atoms with E-state index in [2.05, 4.69) is 69.1 Å². The van der Waals surface area contributed by atoms with Crippen LogP contribution in [0.3, 0.4) is 0 Å². The zero-order chi connectivity index (χ0) is 19.8. The normalized spacial score (nSPS) is 21.9. The van der Waals surface area contributed by atoms with Crippen molar-refractivity contribution in [3.8, 4) is 0 Å². The van der Waals surface area contributed by atoms with Crippen LogP contribution in [-0.4, -0.2) is 5.38 Å². The molecule has 2 heteroatoms. The lowest BCUT2D eigenvalue weighted by Crippen LogP contribution is -2.22. The van der Waals surface area contributed by atoms with Crippen LogP contribution in [0.5, 0.6) is 0 Å². The highest BCUT2D eigenvalue weighted by Gasteiger charge is 2.24. The van der Waals surface area contributed by atoms with Gasteiger partial charge in [0.2, 0.25) is 0 Å². The molecule has 1 nitrogen and oxygen atoms in total. The van der Waals surface area contributed by atoms with Gasteiger partial charge in [-0.3, -0.25) is 0 Å². The predicted octanol–water partition coefficient (Wildman–Crippen LogP) is 7.73. The SMILES string of the molecule is C=C\C=C(Nc1ccc(C)cc1CC1CCCC[C@@H]1Cl)/C(C)=C(C)/C=C\C. The molecule has 0 heterocycles. The van der Waals surface area contributed by atoms with E-state index in [1.54, 1.807) is 0 Å². The van der Waals surface area contributed by atoms with Gasteiger partial charge in [0.15, 0.2) is 0 Å². The minimum atomic E-state index is 0.300. The van der Waals surface area contributed by atoms with Gasteiger partial charge in [0.25, 0.3) is 0 Å². The molecule has 0 amide bonds. The van der Waals surface area contributed by atoms with E-state index in [1.165, 1.54) is 47.2 Å². The summed E-state index contributed by atoms with van der Waals surface area (Å²) in [6.07, 6.45) is 14.1. The number of aryl methyl sites for hydroxylation is 1. The Kier molecular flexibility index (Phi) is 8.44. The molecule has 1 aliphatic carbocycles. The smallest absolute Gasteiger partial charge is 0.0417 e. The lowest BCUT2D eigenvalue weighted by molar-refractivity contribution is 0.364. The van der Waals surface area contributed by atoms with Crippen LogP contribution in [0.4, 0.5) is 5.69 Å². The lowest BCUT2D eigenvalue weighted by atomic mass is 9.83. The molecule has 1 aromatic rings. The summed E-state index contributed by atoms with van der Waals surface area (Å²) in [7, 11) is 0. The first-order valence-corrected chi connectivity index (χ1v) is 10.5. The van der Waals surface area contributed by atoms with Crippen molar-refractivity contribution >= 4 is 17.3 Å². The zero-order valence-electron chi connectivity index (χ0n) is 17.3. The first kappa shape index (κ1) is 21.6. The van der Waals surface area contributed by atoms with E-state index in [1.807, 2.05) is 13.0 Å². The van der Waals surface area contributed by atoms with Gasteiger partial charge >= 0.3 is 0 Å². The van der Waals surface area contributed by atoms with E-state index in [-0.39, 0.29) is 0 Å². The number of hydrogen-bond acceptors (Lipinski definition) is 1. The van der Waals surface area contributed by atoms with Crippen molar-refractivity contribution in [1.29, 1.82) is 0 Å². The topological polar surface area (TPSA) is 12.0 Å². The van der Waals surface area contributed by atoms with Crippen molar-refractivity contribution in [2.24, 2.45) is 5.92 Å². The molecular weight excluding hydrogens is 350 g/mol. The first-order chi connectivity index (χ1) is 13.0. The van der Waals surface area contributed by atoms with E-state index in [9.17, 15) is 0 Å². The van der Waals surface area contributed by atoms with Crippen LogP contribution in [0.2, 0.25) is 0 Å². The Hall–Kier alpha value is -1.73. The van der Waals surface area contributed by atoms with E-state index in [0.29, 0.717) is 11.3 Å². The van der Waals surface area contributed by atoms with Crippen LogP contribution in [0.15, 0.2) is 65.9 Å². The predicted molar refractivity (Wildman–Crippen MR) is 122 cm³/mol. The van der Waals surface area contributed by atoms with Gasteiger partial charge in [0.05, 0.1) is 0 Å². The van der Waals surface area contributed by atoms with Gasteiger partial charge in [0, 0.05) is 16.8 Å². The fraction of sp³-hybridized carbons (Fsp3) is 0.440. The summed E-state index contributed by atoms with van der Waals surface area (Å²) in [5.41, 5.74) is 7.41. The van der Waals surface area contributed by atoms with Gasteiger partial charge in [-0.25, -0.2) is 0 Å². The molecule has 1 aromatic carbocycles. The maximum absolute atomic E-state index is 6.65. The quantitative estimate of drug-likeness (QED) is 0.375. The summed E-state index contributed by atoms with van der Waals surface area (Å²) in [5.74, 6) is 0.566. The van der Waals surface area contributed by atoms with E-state index in [0.717, 1.165) is 18.5 Å². The van der Waals surface area contributed by atoms with E-state index >= 15 is 0 Å². The maximum atomic E-state index is 6.65. The molecule has 2 rings (SSSR count). The molecular formula is C25H34ClN. The maximum Gasteiger partial charge on any atom is 0.0417 e. The minimum absolute atomic E-state index is 0.300. The van der Waals surface area contributed by atoms with Crippen LogP contribution in [-0.2, 0) is 6.42 Å². The third-order valence-electron chi connectivity index (χ3n) is 5.53. The molecule has 1 saturated carbocycles. The number of hydrogen-bond donors (Lipinski definition) is 1. The van der Waals surface area contributed by atoms with Gasteiger partial charge in [-0.2, -0.15) is 0 Å². The summed E-state index contributed by atoms with van der Waals surface area (Å²) in [4.78, 5) is 0. The number of alkyl halides is 1. The molecule has 0 bridgehead atoms. The standard InChI is InChI=1S/C25H34ClN/c1-6-10-19(4)20(5)24(11-7-2)27-25-15-14-18(3)16-22(25)17-21-12-8-9-13-23(21)26/h6-7,10-11,14-16,21,23,27H,2,8-9,12-13,17H2,1,3-5H3/b10-6-,20-19+,24-11+/t21?,23-/m0/s1. The molecule has 0 aliphatic heterocycles. The van der Waals surface area contributed by atoms with Gasteiger partial charge in [-0.1, -0.05) is 55.3 Å². The third-order valence-corrected chi connectivity index (χ3v) is 6.10. The molecule has 1 N–H and O–H groups in total. The van der Waals surface area contributed by atoms with Gasteiger partial charge in [0.1, 0.15) is 0 Å². The van der Waals surface area contributed by atoms with Gasteiger partial charge in [-0.05, 0) is 81.7 Å². The van der Waals surface area contributed by atoms with Crippen LogP contribution >= 0.6 is 11.6 Å². The molecule has 1 aliphatic rings. The van der Waals surface area contributed by atoms with E-state index in [4.69, 9.17) is 11.6 Å². The molecule has 0 radical (unpaired) electrons. The zero-order valence-corrected chi connectivity index (χ0v) is 18.1. The molecule has 2 atom stereocenters. The second-order valence-electron chi connectivity index (χ2n) is 7.67. The Labute approximate surface area is 170 Å². The van der Waals surface area contributed by atoms with Gasteiger partial charge < -0.3 is 5.32 Å². The fourth-order valence-corrected chi connectivity index (χ4v) is 4.17. The lowest BCUT2D eigenvalue weighted by Gasteiger charge is -2.28. The summed E-state index contributed by atoms with van der Waals surface area (Å²) in [6, 6.07) is 6.68. The molecule has 1 unspecified atom stereocenters. The number of benzene rings is 1. The number of allylic oxidation sites excluding steroid dienone is 6. The molecule has 1 fully saturated rings. The molecule has 0 spiro atoms. The first-order valence-electron chi connectivity index (χ1n) is 10.1. The average molecular weight is 384 g/mol. The van der Waals surface area contributed by atoms with Crippen LogP contribution in [0.1, 0.15) is 57.6 Å². The van der Waals surface area contributed by atoms with Gasteiger partial charge in [-0.15, -0.1) is 11.6 Å². The Morgan fingerprint density at radius 3 is 2.67 bits per heavy atom. The largest absolute Gasteiger partial charge is 0.355 e.